The molecular formula is C23H23N3O3. The molecule has 6 heteroatoms. The van der Waals surface area contributed by atoms with E-state index in [4.69, 9.17) is 9.72 Å². The Morgan fingerprint density at radius 1 is 0.931 bits per heavy atom. The molecule has 4 rings (SSSR count). The first-order chi connectivity index (χ1) is 14.1. The highest BCUT2D eigenvalue weighted by molar-refractivity contribution is 5.98. The van der Waals surface area contributed by atoms with Gasteiger partial charge in [-0.1, -0.05) is 24.3 Å². The zero-order chi connectivity index (χ0) is 20.4. The molecule has 29 heavy (non-hydrogen) atoms. The predicted octanol–water partition coefficient (Wildman–Crippen LogP) is 3.29. The van der Waals surface area contributed by atoms with Gasteiger partial charge in [0.25, 0.3) is 5.91 Å². The standard InChI is InChI=1S/C23H23N3O3/c1-16-14-21(24-20-9-4-3-8-19(16)20)25-10-12-26(13-11-25)22(27)17-6-5-7-18(15-17)23(28)29-2/h3-9,14-15H,10-13H2,1-2H3. The maximum atomic E-state index is 12.9. The largest absolute Gasteiger partial charge is 0.465 e. The number of para-hydroxylation sites is 1. The molecule has 0 N–H and O–H groups in total. The van der Waals surface area contributed by atoms with Crippen LogP contribution in [0, 0.1) is 6.92 Å². The van der Waals surface area contributed by atoms with Crippen LogP contribution in [0.15, 0.2) is 54.6 Å². The van der Waals surface area contributed by atoms with Gasteiger partial charge in [0.05, 0.1) is 18.2 Å². The first-order valence-electron chi connectivity index (χ1n) is 9.66. The first-order valence-corrected chi connectivity index (χ1v) is 9.66. The lowest BCUT2D eigenvalue weighted by Gasteiger charge is -2.35. The highest BCUT2D eigenvalue weighted by Crippen LogP contribution is 2.23. The second kappa shape index (κ2) is 7.91. The summed E-state index contributed by atoms with van der Waals surface area (Å²) in [6.07, 6.45) is 0. The van der Waals surface area contributed by atoms with E-state index in [1.165, 1.54) is 12.7 Å². The summed E-state index contributed by atoms with van der Waals surface area (Å²) in [4.78, 5) is 33.4. The van der Waals surface area contributed by atoms with E-state index in [0.29, 0.717) is 37.3 Å². The van der Waals surface area contributed by atoms with Gasteiger partial charge in [-0.25, -0.2) is 9.78 Å². The van der Waals surface area contributed by atoms with E-state index in [1.54, 1.807) is 24.3 Å². The van der Waals surface area contributed by atoms with Crippen molar-refractivity contribution in [3.05, 3.63) is 71.3 Å². The molecule has 1 aliphatic rings. The Morgan fingerprint density at radius 3 is 2.41 bits per heavy atom. The second-order valence-corrected chi connectivity index (χ2v) is 7.17. The molecule has 2 heterocycles. The van der Waals surface area contributed by atoms with Gasteiger partial charge in [0, 0.05) is 37.1 Å². The number of methoxy groups -OCH3 is 1. The van der Waals surface area contributed by atoms with E-state index < -0.39 is 5.97 Å². The number of nitrogens with zero attached hydrogens (tertiary/aromatic N) is 3. The van der Waals surface area contributed by atoms with Gasteiger partial charge in [0.2, 0.25) is 0 Å². The maximum absolute atomic E-state index is 12.9. The first kappa shape index (κ1) is 18.9. The van der Waals surface area contributed by atoms with Gasteiger partial charge in [-0.05, 0) is 42.8 Å². The number of benzene rings is 2. The normalized spacial score (nSPS) is 14.1. The SMILES string of the molecule is COC(=O)c1cccc(C(=O)N2CCN(c3cc(C)c4ccccc4n3)CC2)c1. The minimum Gasteiger partial charge on any atom is -0.465 e. The minimum absolute atomic E-state index is 0.0712. The van der Waals surface area contributed by atoms with Crippen LogP contribution in [0.25, 0.3) is 10.9 Å². The van der Waals surface area contributed by atoms with Gasteiger partial charge in [0.1, 0.15) is 5.82 Å². The number of esters is 1. The number of hydrogen-bond donors (Lipinski definition) is 0. The van der Waals surface area contributed by atoms with Crippen LogP contribution in [-0.2, 0) is 4.74 Å². The summed E-state index contributed by atoms with van der Waals surface area (Å²) in [6.45, 7) is 4.74. The van der Waals surface area contributed by atoms with Gasteiger partial charge >= 0.3 is 5.97 Å². The molecule has 6 nitrogen and oxygen atoms in total. The number of fused-ring (bicyclic) bond motifs is 1. The van der Waals surface area contributed by atoms with E-state index in [9.17, 15) is 9.59 Å². The van der Waals surface area contributed by atoms with Crippen molar-refractivity contribution >= 4 is 28.6 Å². The summed E-state index contributed by atoms with van der Waals surface area (Å²) < 4.78 is 4.74. The molecule has 0 radical (unpaired) electrons. The van der Waals surface area contributed by atoms with Crippen LogP contribution < -0.4 is 4.90 Å². The molecule has 1 aromatic heterocycles. The lowest BCUT2D eigenvalue weighted by atomic mass is 10.1. The number of carbonyl (C=O) groups is 2. The van der Waals surface area contributed by atoms with Crippen LogP contribution in [0.2, 0.25) is 0 Å². The average molecular weight is 389 g/mol. The number of anilines is 1. The maximum Gasteiger partial charge on any atom is 0.337 e. The molecule has 148 valence electrons. The number of rotatable bonds is 3. The highest BCUT2D eigenvalue weighted by Gasteiger charge is 2.24. The van der Waals surface area contributed by atoms with Crippen molar-refractivity contribution in [3.8, 4) is 0 Å². The lowest BCUT2D eigenvalue weighted by molar-refractivity contribution is 0.0600. The Kier molecular flexibility index (Phi) is 5.16. The van der Waals surface area contributed by atoms with Crippen molar-refractivity contribution in [1.82, 2.24) is 9.88 Å². The van der Waals surface area contributed by atoms with E-state index in [2.05, 4.69) is 24.0 Å². The van der Waals surface area contributed by atoms with Crippen LogP contribution >= 0.6 is 0 Å². The zero-order valence-electron chi connectivity index (χ0n) is 16.6. The molecule has 0 saturated carbocycles. The van der Waals surface area contributed by atoms with Crippen molar-refractivity contribution in [1.29, 1.82) is 0 Å². The molecule has 0 bridgehead atoms. The molecule has 1 fully saturated rings. The average Bonchev–Trinajstić information content (AvgIpc) is 2.78. The smallest absolute Gasteiger partial charge is 0.337 e. The molecule has 3 aromatic rings. The van der Waals surface area contributed by atoms with Crippen molar-refractivity contribution in [2.45, 2.75) is 6.92 Å². The van der Waals surface area contributed by atoms with Crippen molar-refractivity contribution in [2.24, 2.45) is 0 Å². The Balaban J connectivity index is 1.47. The molecule has 0 spiro atoms. The third-order valence-corrected chi connectivity index (χ3v) is 5.33. The van der Waals surface area contributed by atoms with Gasteiger partial charge < -0.3 is 14.5 Å². The molecule has 0 atom stereocenters. The Bertz CT molecular complexity index is 1070. The third kappa shape index (κ3) is 3.78. The Hall–Kier alpha value is -3.41. The second-order valence-electron chi connectivity index (χ2n) is 7.17. The number of aryl methyl sites for hydroxylation is 1. The van der Waals surface area contributed by atoms with Crippen LogP contribution in [0.4, 0.5) is 5.82 Å². The molecule has 1 saturated heterocycles. The van der Waals surface area contributed by atoms with Crippen LogP contribution in [-0.4, -0.2) is 55.0 Å². The van der Waals surface area contributed by atoms with E-state index in [0.717, 1.165) is 16.7 Å². The lowest BCUT2D eigenvalue weighted by Crippen LogP contribution is -2.49. The van der Waals surface area contributed by atoms with Gasteiger partial charge in [-0.3, -0.25) is 4.79 Å². The Labute approximate surface area is 169 Å². The third-order valence-electron chi connectivity index (χ3n) is 5.33. The Morgan fingerprint density at radius 2 is 1.66 bits per heavy atom. The van der Waals surface area contributed by atoms with Gasteiger partial charge in [-0.15, -0.1) is 0 Å². The van der Waals surface area contributed by atoms with Crippen molar-refractivity contribution in [3.63, 3.8) is 0 Å². The molecule has 1 aliphatic heterocycles. The predicted molar refractivity (Wildman–Crippen MR) is 112 cm³/mol. The summed E-state index contributed by atoms with van der Waals surface area (Å²) >= 11 is 0. The highest BCUT2D eigenvalue weighted by atomic mass is 16.5. The number of aromatic nitrogens is 1. The molecule has 1 amide bonds. The topological polar surface area (TPSA) is 62.7 Å². The number of carbonyl (C=O) groups excluding carboxylic acids is 2. The monoisotopic (exact) mass is 389 g/mol. The number of amides is 1. The number of ether oxygens (including phenoxy) is 1. The molecule has 0 aliphatic carbocycles. The number of piperazine rings is 1. The summed E-state index contributed by atoms with van der Waals surface area (Å²) in [7, 11) is 1.33. The van der Waals surface area contributed by atoms with Crippen molar-refractivity contribution < 1.29 is 14.3 Å². The molecule has 2 aromatic carbocycles. The van der Waals surface area contributed by atoms with Crippen LogP contribution in [0.1, 0.15) is 26.3 Å². The molecule has 0 unspecified atom stereocenters. The number of pyridine rings is 1. The van der Waals surface area contributed by atoms with Crippen LogP contribution in [0.3, 0.4) is 0 Å². The van der Waals surface area contributed by atoms with Crippen molar-refractivity contribution in [2.75, 3.05) is 38.2 Å². The molecular weight excluding hydrogens is 366 g/mol. The van der Waals surface area contributed by atoms with Gasteiger partial charge in [0.15, 0.2) is 0 Å². The quantitative estimate of drug-likeness (QED) is 0.643. The fraction of sp³-hybridized carbons (Fsp3) is 0.261. The summed E-state index contributed by atoms with van der Waals surface area (Å²) in [5.74, 6) is 0.432. The fourth-order valence-corrected chi connectivity index (χ4v) is 3.71. The van der Waals surface area contributed by atoms with E-state index in [1.807, 2.05) is 23.1 Å². The fourth-order valence-electron chi connectivity index (χ4n) is 3.71. The summed E-state index contributed by atoms with van der Waals surface area (Å²) in [5, 5.41) is 1.16. The summed E-state index contributed by atoms with van der Waals surface area (Å²) in [5.41, 5.74) is 3.07. The zero-order valence-corrected chi connectivity index (χ0v) is 16.6. The van der Waals surface area contributed by atoms with E-state index >= 15 is 0 Å². The van der Waals surface area contributed by atoms with Crippen LogP contribution in [0.5, 0.6) is 0 Å². The number of hydrogen-bond acceptors (Lipinski definition) is 5. The minimum atomic E-state index is -0.442. The van der Waals surface area contributed by atoms with E-state index in [-0.39, 0.29) is 5.91 Å². The summed E-state index contributed by atoms with van der Waals surface area (Å²) in [6, 6.07) is 16.9. The van der Waals surface area contributed by atoms with Gasteiger partial charge in [-0.2, -0.15) is 0 Å².